The van der Waals surface area contributed by atoms with Gasteiger partial charge in [0.2, 0.25) is 11.7 Å². The average Bonchev–Trinajstić information content (AvgIpc) is 3.29. The fourth-order valence-corrected chi connectivity index (χ4v) is 4.50. The van der Waals surface area contributed by atoms with Crippen molar-refractivity contribution in [3.05, 3.63) is 106 Å². The van der Waals surface area contributed by atoms with E-state index in [2.05, 4.69) is 44.1 Å². The zero-order chi connectivity index (χ0) is 22.4. The van der Waals surface area contributed by atoms with Gasteiger partial charge in [-0.2, -0.15) is 0 Å². The summed E-state index contributed by atoms with van der Waals surface area (Å²) < 4.78 is 5.80. The first-order valence-electron chi connectivity index (χ1n) is 10.8. The Labute approximate surface area is 189 Å². The molecule has 2 aromatic heterocycles. The van der Waals surface area contributed by atoms with Crippen LogP contribution in [0.15, 0.2) is 88.1 Å². The number of nitrogens with zero attached hydrogens (tertiary/aromatic N) is 3. The second kappa shape index (κ2) is 7.63. The molecule has 1 unspecified atom stereocenters. The van der Waals surface area contributed by atoms with Crippen LogP contribution < -0.4 is 10.5 Å². The number of hydrogen-bond donors (Lipinski definition) is 2. The molecule has 0 bridgehead atoms. The SMILES string of the molecule is O=c1[nH]c(N2CCc3ccccc3C2c2ccccc2)nc(-c2nc3ccccc3o2)c1O. The zero-order valence-electron chi connectivity index (χ0n) is 17.6. The first kappa shape index (κ1) is 19.3. The smallest absolute Gasteiger partial charge is 0.295 e. The monoisotopic (exact) mass is 436 g/mol. The molecule has 6 rings (SSSR count). The standard InChI is InChI=1S/C26H20N4O3/c31-23-21(25-27-19-12-6-7-13-20(19)33-25)28-26(29-24(23)32)30-15-14-16-8-4-5-11-18(16)22(30)17-9-2-1-3-10-17/h1-13,22,31H,14-15H2,(H,28,29,32). The van der Waals surface area contributed by atoms with Crippen LogP contribution in [0.3, 0.4) is 0 Å². The lowest BCUT2D eigenvalue weighted by molar-refractivity contribution is 0.461. The topological polar surface area (TPSA) is 95.3 Å². The number of H-pyrrole nitrogens is 1. The van der Waals surface area contributed by atoms with Crippen molar-refractivity contribution >= 4 is 17.0 Å². The third-order valence-corrected chi connectivity index (χ3v) is 6.05. The average molecular weight is 436 g/mol. The first-order valence-corrected chi connectivity index (χ1v) is 10.8. The fraction of sp³-hybridized carbons (Fsp3) is 0.115. The van der Waals surface area contributed by atoms with Crippen molar-refractivity contribution in [2.24, 2.45) is 0 Å². The molecule has 7 heteroatoms. The first-order chi connectivity index (χ1) is 16.2. The predicted molar refractivity (Wildman–Crippen MR) is 125 cm³/mol. The van der Waals surface area contributed by atoms with E-state index < -0.39 is 11.3 Å². The molecule has 3 aromatic carbocycles. The third kappa shape index (κ3) is 3.25. The van der Waals surface area contributed by atoms with Gasteiger partial charge in [-0.1, -0.05) is 66.7 Å². The molecule has 33 heavy (non-hydrogen) atoms. The highest BCUT2D eigenvalue weighted by Gasteiger charge is 2.31. The van der Waals surface area contributed by atoms with Crippen molar-refractivity contribution in [1.82, 2.24) is 15.0 Å². The second-order valence-corrected chi connectivity index (χ2v) is 8.03. The summed E-state index contributed by atoms with van der Waals surface area (Å²) in [6.07, 6.45) is 0.808. The maximum Gasteiger partial charge on any atom is 0.295 e. The molecular weight excluding hydrogens is 416 g/mol. The number of nitrogens with one attached hydrogen (secondary N) is 1. The molecule has 0 amide bonds. The van der Waals surface area contributed by atoms with Gasteiger partial charge in [0, 0.05) is 6.54 Å². The highest BCUT2D eigenvalue weighted by Crippen LogP contribution is 2.38. The molecular formula is C26H20N4O3. The van der Waals surface area contributed by atoms with Gasteiger partial charge in [-0.25, -0.2) is 9.97 Å². The van der Waals surface area contributed by atoms with E-state index in [-0.39, 0.29) is 17.6 Å². The number of aromatic hydroxyl groups is 1. The number of fused-ring (bicyclic) bond motifs is 2. The number of benzene rings is 3. The van der Waals surface area contributed by atoms with Crippen LogP contribution in [0, 0.1) is 0 Å². The molecule has 0 fully saturated rings. The van der Waals surface area contributed by atoms with E-state index in [4.69, 9.17) is 4.42 Å². The van der Waals surface area contributed by atoms with Crippen molar-refractivity contribution in [2.45, 2.75) is 12.5 Å². The summed E-state index contributed by atoms with van der Waals surface area (Å²) in [4.78, 5) is 26.6. The Morgan fingerprint density at radius 2 is 1.70 bits per heavy atom. The van der Waals surface area contributed by atoms with E-state index in [1.54, 1.807) is 12.1 Å². The van der Waals surface area contributed by atoms with Crippen molar-refractivity contribution in [1.29, 1.82) is 0 Å². The Balaban J connectivity index is 1.52. The van der Waals surface area contributed by atoms with E-state index >= 15 is 0 Å². The lowest BCUT2D eigenvalue weighted by Crippen LogP contribution is -2.38. The minimum Gasteiger partial charge on any atom is -0.501 e. The van der Waals surface area contributed by atoms with Gasteiger partial charge in [-0.05, 0) is 35.2 Å². The number of anilines is 1. The van der Waals surface area contributed by atoms with Crippen LogP contribution in [0.5, 0.6) is 5.75 Å². The van der Waals surface area contributed by atoms with Gasteiger partial charge in [0.25, 0.3) is 11.4 Å². The Kier molecular flexibility index (Phi) is 4.47. The molecule has 1 atom stereocenters. The number of oxazole rings is 1. The van der Waals surface area contributed by atoms with E-state index in [0.717, 1.165) is 17.5 Å². The van der Waals surface area contributed by atoms with Crippen LogP contribution in [-0.4, -0.2) is 26.6 Å². The number of rotatable bonds is 3. The van der Waals surface area contributed by atoms with Gasteiger partial charge >= 0.3 is 0 Å². The normalized spacial score (nSPS) is 15.5. The number of para-hydroxylation sites is 2. The van der Waals surface area contributed by atoms with E-state index in [9.17, 15) is 9.90 Å². The van der Waals surface area contributed by atoms with Crippen molar-refractivity contribution in [3.63, 3.8) is 0 Å². The van der Waals surface area contributed by atoms with Crippen molar-refractivity contribution in [2.75, 3.05) is 11.4 Å². The Morgan fingerprint density at radius 3 is 2.55 bits per heavy atom. The molecule has 5 aromatic rings. The van der Waals surface area contributed by atoms with E-state index in [0.29, 0.717) is 23.6 Å². The number of aromatic nitrogens is 3. The molecule has 1 aliphatic heterocycles. The van der Waals surface area contributed by atoms with Gasteiger partial charge in [0.05, 0.1) is 6.04 Å². The molecule has 0 saturated carbocycles. The van der Waals surface area contributed by atoms with Gasteiger partial charge in [-0.3, -0.25) is 9.78 Å². The largest absolute Gasteiger partial charge is 0.501 e. The Hall–Kier alpha value is -4.39. The van der Waals surface area contributed by atoms with Crippen molar-refractivity contribution in [3.8, 4) is 17.3 Å². The lowest BCUT2D eigenvalue weighted by Gasteiger charge is -2.38. The molecule has 0 saturated heterocycles. The summed E-state index contributed by atoms with van der Waals surface area (Å²) in [7, 11) is 0. The predicted octanol–water partition coefficient (Wildman–Crippen LogP) is 4.44. The summed E-state index contributed by atoms with van der Waals surface area (Å²) in [6, 6.07) is 25.6. The molecule has 0 radical (unpaired) electrons. The third-order valence-electron chi connectivity index (χ3n) is 6.05. The van der Waals surface area contributed by atoms with Gasteiger partial charge < -0.3 is 14.4 Å². The summed E-state index contributed by atoms with van der Waals surface area (Å²) in [5, 5.41) is 10.5. The summed E-state index contributed by atoms with van der Waals surface area (Å²) in [6.45, 7) is 0.650. The quantitative estimate of drug-likeness (QED) is 0.434. The van der Waals surface area contributed by atoms with Crippen LogP contribution in [-0.2, 0) is 6.42 Å². The second-order valence-electron chi connectivity index (χ2n) is 8.03. The molecule has 1 aliphatic rings. The number of hydrogen-bond acceptors (Lipinski definition) is 6. The highest BCUT2D eigenvalue weighted by atomic mass is 16.4. The van der Waals surface area contributed by atoms with Crippen LogP contribution in [0.1, 0.15) is 22.7 Å². The van der Waals surface area contributed by atoms with Gasteiger partial charge in [0.15, 0.2) is 11.3 Å². The molecule has 3 heterocycles. The maximum atomic E-state index is 12.7. The van der Waals surface area contributed by atoms with Crippen molar-refractivity contribution < 1.29 is 9.52 Å². The molecule has 0 aliphatic carbocycles. The van der Waals surface area contributed by atoms with Crippen LogP contribution in [0.25, 0.3) is 22.7 Å². The summed E-state index contributed by atoms with van der Waals surface area (Å²) in [5.41, 5.74) is 4.09. The zero-order valence-corrected chi connectivity index (χ0v) is 17.6. The van der Waals surface area contributed by atoms with Gasteiger partial charge in [-0.15, -0.1) is 0 Å². The Bertz CT molecular complexity index is 1490. The molecule has 2 N–H and O–H groups in total. The molecule has 0 spiro atoms. The van der Waals surface area contributed by atoms with Crippen LogP contribution in [0.2, 0.25) is 0 Å². The summed E-state index contributed by atoms with van der Waals surface area (Å²) >= 11 is 0. The number of aromatic amines is 1. The van der Waals surface area contributed by atoms with Crippen LogP contribution >= 0.6 is 0 Å². The Morgan fingerprint density at radius 1 is 0.939 bits per heavy atom. The minimum atomic E-state index is -0.636. The lowest BCUT2D eigenvalue weighted by atomic mass is 9.88. The molecule has 162 valence electrons. The highest BCUT2D eigenvalue weighted by molar-refractivity contribution is 5.76. The maximum absolute atomic E-state index is 12.7. The fourth-order valence-electron chi connectivity index (χ4n) is 4.50. The summed E-state index contributed by atoms with van der Waals surface area (Å²) in [5.74, 6) is -0.0490. The van der Waals surface area contributed by atoms with Gasteiger partial charge in [0.1, 0.15) is 5.52 Å². The minimum absolute atomic E-state index is 0.0237. The van der Waals surface area contributed by atoms with E-state index in [1.165, 1.54) is 5.56 Å². The van der Waals surface area contributed by atoms with Crippen LogP contribution in [0.4, 0.5) is 5.95 Å². The molecule has 7 nitrogen and oxygen atoms in total. The van der Waals surface area contributed by atoms with E-state index in [1.807, 2.05) is 42.5 Å².